The second-order valence-corrected chi connectivity index (χ2v) is 7.30. The molecule has 0 unspecified atom stereocenters. The molecule has 3 rings (SSSR count). The van der Waals surface area contributed by atoms with Crippen LogP contribution in [0.25, 0.3) is 0 Å². The van der Waals surface area contributed by atoms with Crippen molar-refractivity contribution in [2.75, 3.05) is 39.2 Å². The number of nitrogens with one attached hydrogen (secondary N) is 2. The summed E-state index contributed by atoms with van der Waals surface area (Å²) in [5.74, 6) is 0.658. The van der Waals surface area contributed by atoms with Crippen LogP contribution in [0, 0.1) is 0 Å². The van der Waals surface area contributed by atoms with Gasteiger partial charge in [0.1, 0.15) is 11.9 Å². The van der Waals surface area contributed by atoms with Gasteiger partial charge in [-0.05, 0) is 31.2 Å². The molecule has 156 valence electrons. The number of anilines is 1. The molecule has 3 N–H and O–H groups in total. The number of amides is 2. The highest BCUT2D eigenvalue weighted by Crippen LogP contribution is 2.18. The molecule has 0 bridgehead atoms. The number of nitrogens with zero attached hydrogens (tertiary/aromatic N) is 1. The van der Waals surface area contributed by atoms with Crippen molar-refractivity contribution in [3.05, 3.63) is 60.2 Å². The van der Waals surface area contributed by atoms with Crippen LogP contribution in [0.15, 0.2) is 54.6 Å². The molecular formula is C22H29N3O4. The standard InChI is InChI=1S/C22H29N3O4/c1-25(12-11-16-7-4-3-5-8-16)14-20-21(26)19(15-29-20)24-22(27)23-17-9-6-10-18(13-17)28-2/h3-10,13,19-21,26H,11-12,14-15H2,1-2H3,(H2,23,24,27)/t19-,20-,21+/m0/s1. The lowest BCUT2D eigenvalue weighted by atomic mass is 10.1. The van der Waals surface area contributed by atoms with E-state index in [1.165, 1.54) is 5.56 Å². The number of rotatable bonds is 8. The average Bonchev–Trinajstić information content (AvgIpc) is 3.06. The number of carbonyl (C=O) groups excluding carboxylic acids is 1. The van der Waals surface area contributed by atoms with E-state index in [0.717, 1.165) is 13.0 Å². The number of hydrogen-bond acceptors (Lipinski definition) is 5. The normalized spacial score (nSPS) is 21.2. The summed E-state index contributed by atoms with van der Waals surface area (Å²) < 4.78 is 10.9. The minimum Gasteiger partial charge on any atom is -0.497 e. The summed E-state index contributed by atoms with van der Waals surface area (Å²) in [6.07, 6.45) is -0.159. The van der Waals surface area contributed by atoms with Crippen LogP contribution in [0.5, 0.6) is 5.75 Å². The first-order valence-electron chi connectivity index (χ1n) is 9.79. The zero-order chi connectivity index (χ0) is 20.6. The number of ether oxygens (including phenoxy) is 2. The Hall–Kier alpha value is -2.61. The summed E-state index contributed by atoms with van der Waals surface area (Å²) in [6, 6.07) is 16.5. The molecule has 1 heterocycles. The fraction of sp³-hybridized carbons (Fsp3) is 0.409. The summed E-state index contributed by atoms with van der Waals surface area (Å²) in [5.41, 5.74) is 1.90. The minimum absolute atomic E-state index is 0.282. The van der Waals surface area contributed by atoms with E-state index in [2.05, 4.69) is 27.7 Å². The van der Waals surface area contributed by atoms with Gasteiger partial charge in [0.2, 0.25) is 0 Å². The van der Waals surface area contributed by atoms with Crippen LogP contribution in [-0.4, -0.2) is 68.1 Å². The van der Waals surface area contributed by atoms with Crippen LogP contribution < -0.4 is 15.4 Å². The summed E-state index contributed by atoms with van der Waals surface area (Å²) in [6.45, 7) is 1.75. The monoisotopic (exact) mass is 399 g/mol. The Morgan fingerprint density at radius 3 is 2.79 bits per heavy atom. The molecule has 7 heteroatoms. The number of methoxy groups -OCH3 is 1. The van der Waals surface area contributed by atoms with Crippen LogP contribution >= 0.6 is 0 Å². The fourth-order valence-corrected chi connectivity index (χ4v) is 3.37. The maximum Gasteiger partial charge on any atom is 0.319 e. The maximum atomic E-state index is 12.3. The fourth-order valence-electron chi connectivity index (χ4n) is 3.37. The zero-order valence-electron chi connectivity index (χ0n) is 16.9. The molecule has 1 aliphatic rings. The van der Waals surface area contributed by atoms with E-state index in [9.17, 15) is 9.90 Å². The Morgan fingerprint density at radius 1 is 1.24 bits per heavy atom. The first-order valence-corrected chi connectivity index (χ1v) is 9.79. The van der Waals surface area contributed by atoms with Crippen molar-refractivity contribution in [3.63, 3.8) is 0 Å². The van der Waals surface area contributed by atoms with E-state index in [0.29, 0.717) is 18.0 Å². The van der Waals surface area contributed by atoms with Gasteiger partial charge in [0, 0.05) is 24.8 Å². The first kappa shape index (κ1) is 21.1. The topological polar surface area (TPSA) is 83.1 Å². The lowest BCUT2D eigenvalue weighted by Crippen LogP contribution is -2.47. The van der Waals surface area contributed by atoms with Crippen molar-refractivity contribution in [1.29, 1.82) is 0 Å². The van der Waals surface area contributed by atoms with Gasteiger partial charge < -0.3 is 30.1 Å². The van der Waals surface area contributed by atoms with Crippen LogP contribution in [0.4, 0.5) is 10.5 Å². The first-order chi connectivity index (χ1) is 14.0. The van der Waals surface area contributed by atoms with E-state index in [4.69, 9.17) is 9.47 Å². The van der Waals surface area contributed by atoms with Crippen molar-refractivity contribution in [3.8, 4) is 5.75 Å². The van der Waals surface area contributed by atoms with E-state index in [1.54, 1.807) is 31.4 Å². The SMILES string of the molecule is COc1cccc(NC(=O)N[C@H]2CO[C@@H](CN(C)CCc3ccccc3)[C@@H]2O)c1. The minimum atomic E-state index is -0.759. The molecule has 3 atom stereocenters. The predicted molar refractivity (Wildman–Crippen MR) is 112 cm³/mol. The highest BCUT2D eigenvalue weighted by Gasteiger charge is 2.37. The lowest BCUT2D eigenvalue weighted by molar-refractivity contribution is 0.0205. The quantitative estimate of drug-likeness (QED) is 0.633. The summed E-state index contributed by atoms with van der Waals surface area (Å²) in [7, 11) is 3.58. The summed E-state index contributed by atoms with van der Waals surface area (Å²) >= 11 is 0. The number of likely N-dealkylation sites (N-methyl/N-ethyl adjacent to an activating group) is 1. The van der Waals surface area contributed by atoms with Gasteiger partial charge in [-0.2, -0.15) is 0 Å². The molecular weight excluding hydrogens is 370 g/mol. The van der Waals surface area contributed by atoms with Gasteiger partial charge in [-0.3, -0.25) is 0 Å². The number of aliphatic hydroxyl groups is 1. The lowest BCUT2D eigenvalue weighted by Gasteiger charge is -2.24. The molecule has 1 fully saturated rings. The van der Waals surface area contributed by atoms with Gasteiger partial charge in [-0.15, -0.1) is 0 Å². The number of urea groups is 1. The zero-order valence-corrected chi connectivity index (χ0v) is 16.9. The molecule has 2 amide bonds. The van der Waals surface area contributed by atoms with E-state index < -0.39 is 12.1 Å². The van der Waals surface area contributed by atoms with Gasteiger partial charge in [-0.1, -0.05) is 36.4 Å². The number of aliphatic hydroxyl groups excluding tert-OH is 1. The number of benzene rings is 2. The van der Waals surface area contributed by atoms with Crippen molar-refractivity contribution in [2.45, 2.75) is 24.7 Å². The smallest absolute Gasteiger partial charge is 0.319 e. The average molecular weight is 399 g/mol. The summed E-state index contributed by atoms with van der Waals surface area (Å²) in [4.78, 5) is 14.4. The van der Waals surface area contributed by atoms with E-state index in [-0.39, 0.29) is 18.7 Å². The van der Waals surface area contributed by atoms with Gasteiger partial charge in [0.25, 0.3) is 0 Å². The number of carbonyl (C=O) groups is 1. The Kier molecular flexibility index (Phi) is 7.46. The highest BCUT2D eigenvalue weighted by molar-refractivity contribution is 5.89. The molecule has 0 aliphatic carbocycles. The molecule has 29 heavy (non-hydrogen) atoms. The largest absolute Gasteiger partial charge is 0.497 e. The molecule has 0 spiro atoms. The molecule has 0 saturated carbocycles. The third-order valence-electron chi connectivity index (χ3n) is 5.04. The van der Waals surface area contributed by atoms with Crippen LogP contribution in [0.3, 0.4) is 0 Å². The van der Waals surface area contributed by atoms with Crippen LogP contribution in [0.2, 0.25) is 0 Å². The Bertz CT molecular complexity index is 787. The number of hydrogen-bond donors (Lipinski definition) is 3. The van der Waals surface area contributed by atoms with Crippen LogP contribution in [0.1, 0.15) is 5.56 Å². The molecule has 2 aromatic carbocycles. The van der Waals surface area contributed by atoms with Crippen molar-refractivity contribution < 1.29 is 19.4 Å². The summed E-state index contributed by atoms with van der Waals surface area (Å²) in [5, 5.41) is 16.1. The Balaban J connectivity index is 1.43. The second-order valence-electron chi connectivity index (χ2n) is 7.30. The Morgan fingerprint density at radius 2 is 2.03 bits per heavy atom. The third-order valence-corrected chi connectivity index (χ3v) is 5.04. The van der Waals surface area contributed by atoms with Gasteiger partial charge >= 0.3 is 6.03 Å². The van der Waals surface area contributed by atoms with Crippen molar-refractivity contribution >= 4 is 11.7 Å². The molecule has 0 radical (unpaired) electrons. The van der Waals surface area contributed by atoms with Gasteiger partial charge in [-0.25, -0.2) is 4.79 Å². The molecule has 7 nitrogen and oxygen atoms in total. The molecule has 1 aliphatic heterocycles. The molecule has 2 aromatic rings. The molecule has 1 saturated heterocycles. The van der Waals surface area contributed by atoms with E-state index >= 15 is 0 Å². The maximum absolute atomic E-state index is 12.3. The predicted octanol–water partition coefficient (Wildman–Crippen LogP) is 2.12. The third kappa shape index (κ3) is 6.19. The van der Waals surface area contributed by atoms with Crippen LogP contribution in [-0.2, 0) is 11.2 Å². The Labute approximate surface area is 171 Å². The second kappa shape index (κ2) is 10.2. The van der Waals surface area contributed by atoms with Crippen molar-refractivity contribution in [2.24, 2.45) is 0 Å². The van der Waals surface area contributed by atoms with Gasteiger partial charge in [0.05, 0.1) is 25.9 Å². The highest BCUT2D eigenvalue weighted by atomic mass is 16.5. The molecule has 0 aromatic heterocycles. The van der Waals surface area contributed by atoms with Gasteiger partial charge in [0.15, 0.2) is 0 Å². The van der Waals surface area contributed by atoms with Crippen molar-refractivity contribution in [1.82, 2.24) is 10.2 Å². The van der Waals surface area contributed by atoms with E-state index in [1.807, 2.05) is 25.2 Å².